The molecule has 10 heteroatoms. The molecule has 0 aliphatic heterocycles. The molecule has 0 spiro atoms. The van der Waals surface area contributed by atoms with Gasteiger partial charge in [-0.2, -0.15) is 14.3 Å². The van der Waals surface area contributed by atoms with Crippen molar-refractivity contribution in [1.82, 2.24) is 19.4 Å². The third kappa shape index (κ3) is 3.13. The van der Waals surface area contributed by atoms with Gasteiger partial charge in [0.05, 0.1) is 12.2 Å². The van der Waals surface area contributed by atoms with Gasteiger partial charge in [0.2, 0.25) is 5.03 Å². The van der Waals surface area contributed by atoms with Crippen LogP contribution in [-0.4, -0.2) is 34.0 Å². The third-order valence-electron chi connectivity index (χ3n) is 2.18. The minimum Gasteiger partial charge on any atom is -0.222 e. The van der Waals surface area contributed by atoms with E-state index in [1.807, 2.05) is 0 Å². The largest absolute Gasteiger partial charge is 0.285 e. The fourth-order valence-corrected chi connectivity index (χ4v) is 2.91. The topological polar surface area (TPSA) is 77.7 Å². The minimum atomic E-state index is -3.83. The zero-order valence-electron chi connectivity index (χ0n) is 10.0. The van der Waals surface area contributed by atoms with Crippen LogP contribution in [0.15, 0.2) is 11.1 Å². The van der Waals surface area contributed by atoms with Crippen molar-refractivity contribution in [3.8, 4) is 0 Å². The molecular formula is C9H10F2N4O2S2. The van der Waals surface area contributed by atoms with Crippen molar-refractivity contribution in [3.05, 3.63) is 22.3 Å². The summed E-state index contributed by atoms with van der Waals surface area (Å²) in [6.07, 6.45) is -2.16. The first-order chi connectivity index (χ1) is 8.77. The highest BCUT2D eigenvalue weighted by atomic mass is 32.2. The molecule has 19 heavy (non-hydrogen) atoms. The first-order valence-electron chi connectivity index (χ1n) is 5.13. The van der Waals surface area contributed by atoms with E-state index < -0.39 is 27.0 Å². The maximum Gasteiger partial charge on any atom is 0.285 e. The average molecular weight is 308 g/mol. The molecule has 0 N–H and O–H groups in total. The standard InChI is InChI=1S/C9H10F2N4O2S2/c1-5-3-6(18-14-5)4-15-12-7(8(10)11)9(13-15)19(2,16)17/h3,8H,4H2,1-2H3. The first-order valence-corrected chi connectivity index (χ1v) is 7.79. The molecule has 0 fully saturated rings. The number of alkyl halides is 2. The lowest BCUT2D eigenvalue weighted by Gasteiger charge is -1.94. The summed E-state index contributed by atoms with van der Waals surface area (Å²) in [5, 5.41) is 6.48. The average Bonchev–Trinajstić information content (AvgIpc) is 2.85. The summed E-state index contributed by atoms with van der Waals surface area (Å²) in [6, 6.07) is 1.76. The van der Waals surface area contributed by atoms with Crippen LogP contribution in [0.4, 0.5) is 8.78 Å². The number of aromatic nitrogens is 4. The molecule has 0 saturated heterocycles. The first kappa shape index (κ1) is 14.0. The van der Waals surface area contributed by atoms with Crippen molar-refractivity contribution in [2.45, 2.75) is 24.9 Å². The normalized spacial score (nSPS) is 12.3. The van der Waals surface area contributed by atoms with Crippen LogP contribution in [0.3, 0.4) is 0 Å². The molecule has 2 rings (SSSR count). The van der Waals surface area contributed by atoms with Crippen LogP contribution >= 0.6 is 11.5 Å². The molecule has 104 valence electrons. The van der Waals surface area contributed by atoms with Crippen molar-refractivity contribution < 1.29 is 17.2 Å². The van der Waals surface area contributed by atoms with Gasteiger partial charge in [-0.15, -0.1) is 5.10 Å². The fourth-order valence-electron chi connectivity index (χ4n) is 1.45. The van der Waals surface area contributed by atoms with Crippen LogP contribution in [0.25, 0.3) is 0 Å². The Bertz CT molecular complexity index is 693. The molecule has 0 unspecified atom stereocenters. The molecule has 0 atom stereocenters. The van der Waals surface area contributed by atoms with E-state index in [0.717, 1.165) is 21.6 Å². The number of nitrogens with zero attached hydrogens (tertiary/aromatic N) is 4. The van der Waals surface area contributed by atoms with Gasteiger partial charge in [0, 0.05) is 11.1 Å². The Morgan fingerprint density at radius 2 is 2.11 bits per heavy atom. The second-order valence-corrected chi connectivity index (χ2v) is 6.75. The molecule has 0 amide bonds. The lowest BCUT2D eigenvalue weighted by Crippen LogP contribution is -2.04. The molecule has 2 aromatic rings. The van der Waals surface area contributed by atoms with E-state index in [-0.39, 0.29) is 6.54 Å². The number of hydrogen-bond donors (Lipinski definition) is 0. The zero-order valence-corrected chi connectivity index (χ0v) is 11.7. The summed E-state index contributed by atoms with van der Waals surface area (Å²) in [5.74, 6) is 0. The maximum atomic E-state index is 12.7. The van der Waals surface area contributed by atoms with Crippen molar-refractivity contribution in [2.75, 3.05) is 6.26 Å². The Morgan fingerprint density at radius 1 is 1.42 bits per heavy atom. The Balaban J connectivity index is 2.38. The van der Waals surface area contributed by atoms with Crippen molar-refractivity contribution >= 4 is 21.4 Å². The number of hydrogen-bond acceptors (Lipinski definition) is 6. The predicted molar refractivity (Wildman–Crippen MR) is 64.0 cm³/mol. The molecule has 6 nitrogen and oxygen atoms in total. The highest BCUT2D eigenvalue weighted by Crippen LogP contribution is 2.23. The van der Waals surface area contributed by atoms with E-state index in [0.29, 0.717) is 0 Å². The second-order valence-electron chi connectivity index (χ2n) is 3.93. The summed E-state index contributed by atoms with van der Waals surface area (Å²) in [4.78, 5) is 1.71. The van der Waals surface area contributed by atoms with Crippen LogP contribution in [0.5, 0.6) is 0 Å². The second kappa shape index (κ2) is 4.93. The Hall–Kier alpha value is -1.42. The van der Waals surface area contributed by atoms with Crippen molar-refractivity contribution in [2.24, 2.45) is 0 Å². The highest BCUT2D eigenvalue weighted by Gasteiger charge is 2.26. The number of halogens is 2. The Kier molecular flexibility index (Phi) is 3.63. The quantitative estimate of drug-likeness (QED) is 0.854. The SMILES string of the molecule is Cc1cc(Cn2nc(C(F)F)c(S(C)(=O)=O)n2)sn1. The fraction of sp³-hybridized carbons (Fsp3) is 0.444. The van der Waals surface area contributed by atoms with Crippen LogP contribution in [0.1, 0.15) is 22.7 Å². The molecule has 0 aromatic carbocycles. The van der Waals surface area contributed by atoms with E-state index in [1.54, 1.807) is 13.0 Å². The monoisotopic (exact) mass is 308 g/mol. The molecular weight excluding hydrogens is 298 g/mol. The lowest BCUT2D eigenvalue weighted by molar-refractivity contribution is 0.141. The number of sulfone groups is 1. The summed E-state index contributed by atoms with van der Waals surface area (Å²) in [6.45, 7) is 1.91. The lowest BCUT2D eigenvalue weighted by atomic mass is 10.4. The maximum absolute atomic E-state index is 12.7. The van der Waals surface area contributed by atoms with Gasteiger partial charge >= 0.3 is 0 Å². The van der Waals surface area contributed by atoms with E-state index >= 15 is 0 Å². The molecule has 0 bridgehead atoms. The molecule has 0 saturated carbocycles. The van der Waals surface area contributed by atoms with Gasteiger partial charge in [-0.25, -0.2) is 17.2 Å². The van der Waals surface area contributed by atoms with E-state index in [4.69, 9.17) is 0 Å². The summed E-state index contributed by atoms with van der Waals surface area (Å²) in [7, 11) is -3.83. The summed E-state index contributed by atoms with van der Waals surface area (Å²) >= 11 is 1.19. The van der Waals surface area contributed by atoms with Gasteiger partial charge in [0.1, 0.15) is 0 Å². The van der Waals surface area contributed by atoms with Gasteiger partial charge in [-0.1, -0.05) is 0 Å². The number of rotatable bonds is 4. The Labute approximate surface area is 112 Å². The molecule has 0 aliphatic carbocycles. The van der Waals surface area contributed by atoms with E-state index in [2.05, 4.69) is 14.6 Å². The molecule has 0 radical (unpaired) electrons. The molecule has 0 aliphatic rings. The van der Waals surface area contributed by atoms with E-state index in [1.165, 1.54) is 11.5 Å². The summed E-state index contributed by atoms with van der Waals surface area (Å²) in [5.41, 5.74) is -0.0201. The Morgan fingerprint density at radius 3 is 2.53 bits per heavy atom. The highest BCUT2D eigenvalue weighted by molar-refractivity contribution is 7.90. The van der Waals surface area contributed by atoms with Gasteiger partial charge < -0.3 is 0 Å². The smallest absolute Gasteiger partial charge is 0.222 e. The molecule has 2 heterocycles. The van der Waals surface area contributed by atoms with Crippen LogP contribution in [0, 0.1) is 6.92 Å². The third-order valence-corrected chi connectivity index (χ3v) is 4.03. The van der Waals surface area contributed by atoms with Gasteiger partial charge in [0.25, 0.3) is 6.43 Å². The van der Waals surface area contributed by atoms with E-state index in [9.17, 15) is 17.2 Å². The molecule has 2 aromatic heterocycles. The van der Waals surface area contributed by atoms with Gasteiger partial charge in [0.15, 0.2) is 15.5 Å². The predicted octanol–water partition coefficient (Wildman–Crippen LogP) is 1.43. The number of aryl methyl sites for hydroxylation is 1. The van der Waals surface area contributed by atoms with Crippen LogP contribution < -0.4 is 0 Å². The van der Waals surface area contributed by atoms with Crippen LogP contribution in [0.2, 0.25) is 0 Å². The van der Waals surface area contributed by atoms with Crippen LogP contribution in [-0.2, 0) is 16.4 Å². The zero-order chi connectivity index (χ0) is 14.2. The summed E-state index contributed by atoms with van der Waals surface area (Å²) < 4.78 is 52.2. The van der Waals surface area contributed by atoms with Gasteiger partial charge in [-0.3, -0.25) is 0 Å². The van der Waals surface area contributed by atoms with Crippen molar-refractivity contribution in [1.29, 1.82) is 0 Å². The van der Waals surface area contributed by atoms with Crippen molar-refractivity contribution in [3.63, 3.8) is 0 Å². The van der Waals surface area contributed by atoms with Gasteiger partial charge in [-0.05, 0) is 24.5 Å². The minimum absolute atomic E-state index is 0.112.